The molecular formula is C3CaO9W. The minimum atomic E-state index is -2.33. The Balaban J connectivity index is -0.0000000270. The van der Waals surface area contributed by atoms with Gasteiger partial charge in [-0.25, -0.2) is 0 Å². The van der Waals surface area contributed by atoms with Crippen LogP contribution in [0.1, 0.15) is 0 Å². The first-order valence-corrected chi connectivity index (χ1v) is 1.84. The van der Waals surface area contributed by atoms with E-state index in [0.29, 0.717) is 0 Å². The molecule has 0 unspecified atom stereocenters. The summed E-state index contributed by atoms with van der Waals surface area (Å²) in [6.07, 6.45) is -7.00. The quantitative estimate of drug-likeness (QED) is 0.353. The Morgan fingerprint density at radius 2 is 0.571 bits per heavy atom. The molecule has 0 aliphatic rings. The van der Waals surface area contributed by atoms with Gasteiger partial charge in [-0.2, -0.15) is 0 Å². The van der Waals surface area contributed by atoms with E-state index >= 15 is 0 Å². The van der Waals surface area contributed by atoms with Crippen LogP contribution in [0, 0.1) is 0 Å². The first-order valence-electron chi connectivity index (χ1n) is 1.84. The predicted octanol–water partition coefficient (Wildman–Crippen LogP) is -7.72. The summed E-state index contributed by atoms with van der Waals surface area (Å²) in [7, 11) is 0. The molecule has 0 amide bonds. The second kappa shape index (κ2) is 23.0. The van der Waals surface area contributed by atoms with Crippen molar-refractivity contribution >= 4 is 56.2 Å². The molecule has 0 radical (unpaired) electrons. The maximum Gasteiger partial charge on any atom is 4.00 e. The fourth-order valence-electron chi connectivity index (χ4n) is 0. The molecule has 0 rings (SSSR count). The van der Waals surface area contributed by atoms with Gasteiger partial charge < -0.3 is 45.0 Å². The molecule has 0 aromatic rings. The molecule has 11 heteroatoms. The van der Waals surface area contributed by atoms with Crippen LogP contribution in [0.5, 0.6) is 0 Å². The Morgan fingerprint density at radius 1 is 0.571 bits per heavy atom. The van der Waals surface area contributed by atoms with Crippen LogP contribution in [0.3, 0.4) is 0 Å². The third kappa shape index (κ3) is 23200. The van der Waals surface area contributed by atoms with Gasteiger partial charge in [0.25, 0.3) is 0 Å². The summed E-state index contributed by atoms with van der Waals surface area (Å²) >= 11 is 0. The van der Waals surface area contributed by atoms with E-state index in [1.54, 1.807) is 0 Å². The molecule has 0 aromatic heterocycles. The predicted molar refractivity (Wildman–Crippen MR) is 21.9 cm³/mol. The van der Waals surface area contributed by atoms with Crippen molar-refractivity contribution in [2.45, 2.75) is 0 Å². The average molecular weight is 404 g/mol. The molecule has 0 spiro atoms. The van der Waals surface area contributed by atoms with Crippen LogP contribution in [0.2, 0.25) is 0 Å². The summed E-state index contributed by atoms with van der Waals surface area (Å²) in [5.41, 5.74) is 0. The van der Waals surface area contributed by atoms with Crippen LogP contribution < -0.4 is 30.6 Å². The average Bonchev–Trinajstić information content (AvgIpc) is 1.54. The summed E-state index contributed by atoms with van der Waals surface area (Å²) < 4.78 is 0. The van der Waals surface area contributed by atoms with Crippen LogP contribution in [-0.2, 0) is 21.1 Å². The van der Waals surface area contributed by atoms with E-state index in [2.05, 4.69) is 0 Å². The molecule has 0 aromatic carbocycles. The third-order valence-electron chi connectivity index (χ3n) is 0. The van der Waals surface area contributed by atoms with Crippen molar-refractivity contribution in [1.82, 2.24) is 0 Å². The molecule has 0 fully saturated rings. The molecule has 0 saturated heterocycles. The number of carbonyl (C=O) groups is 3. The molecule has 14 heavy (non-hydrogen) atoms. The van der Waals surface area contributed by atoms with Gasteiger partial charge in [0.05, 0.1) is 0 Å². The maximum absolute atomic E-state index is 8.33. The van der Waals surface area contributed by atoms with Gasteiger partial charge in [-0.05, 0) is 18.5 Å². The van der Waals surface area contributed by atoms with Crippen molar-refractivity contribution in [3.05, 3.63) is 0 Å². The van der Waals surface area contributed by atoms with Crippen molar-refractivity contribution in [3.63, 3.8) is 0 Å². The summed E-state index contributed by atoms with van der Waals surface area (Å²) in [5, 5.41) is 50.0. The van der Waals surface area contributed by atoms with Gasteiger partial charge in [0.2, 0.25) is 0 Å². The molecule has 0 N–H and O–H groups in total. The van der Waals surface area contributed by atoms with Crippen LogP contribution in [0.15, 0.2) is 0 Å². The monoisotopic (exact) mass is 404 g/mol. The molecule has 0 aliphatic carbocycles. The van der Waals surface area contributed by atoms with Gasteiger partial charge in [-0.3, -0.25) is 0 Å². The van der Waals surface area contributed by atoms with Gasteiger partial charge >= 0.3 is 58.8 Å². The van der Waals surface area contributed by atoms with Crippen molar-refractivity contribution < 1.29 is 66.1 Å². The zero-order valence-electron chi connectivity index (χ0n) is 6.29. The minimum absolute atomic E-state index is 0. The Labute approximate surface area is 121 Å². The first kappa shape index (κ1) is 29.2. The Morgan fingerprint density at radius 3 is 0.571 bits per heavy atom. The molecule has 0 heterocycles. The van der Waals surface area contributed by atoms with Crippen molar-refractivity contribution in [2.75, 3.05) is 0 Å². The maximum atomic E-state index is 8.33. The topological polar surface area (TPSA) is 190 Å². The number of hydrogen-bond donors (Lipinski definition) is 0. The van der Waals surface area contributed by atoms with Crippen LogP contribution in [0.4, 0.5) is 14.4 Å². The smallest absolute Gasteiger partial charge is 0.652 e. The van der Waals surface area contributed by atoms with Gasteiger partial charge in [-0.15, -0.1) is 0 Å². The molecule has 9 nitrogen and oxygen atoms in total. The van der Waals surface area contributed by atoms with Gasteiger partial charge in [0.1, 0.15) is 0 Å². The van der Waals surface area contributed by atoms with Crippen molar-refractivity contribution in [2.24, 2.45) is 0 Å². The van der Waals surface area contributed by atoms with Gasteiger partial charge in [0, 0.05) is 0 Å². The molecule has 0 saturated carbocycles. The largest absolute Gasteiger partial charge is 4.00 e. The number of carbonyl (C=O) groups excluding carboxylic acids is 3. The fraction of sp³-hybridized carbons (Fsp3) is 0. The molecular weight excluding hydrogens is 404 g/mol. The fourth-order valence-corrected chi connectivity index (χ4v) is 0. The van der Waals surface area contributed by atoms with E-state index < -0.39 is 18.5 Å². The van der Waals surface area contributed by atoms with Crippen LogP contribution in [0.25, 0.3) is 0 Å². The Kier molecular flexibility index (Phi) is 48.0. The molecule has 74 valence electrons. The van der Waals surface area contributed by atoms with Gasteiger partial charge in [0.15, 0.2) is 0 Å². The third-order valence-corrected chi connectivity index (χ3v) is 0. The summed E-state index contributed by atoms with van der Waals surface area (Å²) in [4.78, 5) is 25.0. The van der Waals surface area contributed by atoms with Gasteiger partial charge in [-0.1, -0.05) is 0 Å². The SMILES string of the molecule is O=C([O-])[O-].O=C([O-])[O-].O=C([O-])[O-].[Ca+2].[W+4]. The van der Waals surface area contributed by atoms with E-state index in [0.717, 1.165) is 0 Å². The zero-order chi connectivity index (χ0) is 10.7. The van der Waals surface area contributed by atoms with E-state index in [4.69, 9.17) is 45.0 Å². The molecule has 0 atom stereocenters. The summed E-state index contributed by atoms with van der Waals surface area (Å²) in [5.74, 6) is 0. The standard InChI is InChI=1S/3CH2O3.Ca.W/c3*2-1(3)4;;/h3*(H2,2,3,4);;/q;;;+2;+4/p-6. The van der Waals surface area contributed by atoms with E-state index in [9.17, 15) is 0 Å². The zero-order valence-corrected chi connectivity index (χ0v) is 11.4. The van der Waals surface area contributed by atoms with E-state index in [1.165, 1.54) is 0 Å². The van der Waals surface area contributed by atoms with Crippen molar-refractivity contribution in [1.29, 1.82) is 0 Å². The Bertz CT molecular complexity index is 118. The van der Waals surface area contributed by atoms with Crippen LogP contribution >= 0.6 is 0 Å². The summed E-state index contributed by atoms with van der Waals surface area (Å²) in [6.45, 7) is 0. The Hall–Kier alpha value is -0.242. The van der Waals surface area contributed by atoms with E-state index in [-0.39, 0.29) is 58.8 Å². The summed E-state index contributed by atoms with van der Waals surface area (Å²) in [6, 6.07) is 0. The van der Waals surface area contributed by atoms with Crippen LogP contribution in [-0.4, -0.2) is 56.2 Å². The number of hydrogen-bond acceptors (Lipinski definition) is 9. The second-order valence-corrected chi connectivity index (χ2v) is 0.750. The number of carboxylic acid groups (broad SMARTS) is 6. The second-order valence-electron chi connectivity index (χ2n) is 0.750. The normalized spacial score (nSPS) is 5.14. The first-order chi connectivity index (χ1) is 5.20. The molecule has 0 aliphatic heterocycles. The molecule has 0 bridgehead atoms. The van der Waals surface area contributed by atoms with Crippen molar-refractivity contribution in [3.8, 4) is 0 Å². The number of rotatable bonds is 0. The minimum Gasteiger partial charge on any atom is -0.652 e. The van der Waals surface area contributed by atoms with E-state index in [1.807, 2.05) is 0 Å².